The van der Waals surface area contributed by atoms with Crippen molar-refractivity contribution >= 4 is 40.0 Å². The quantitative estimate of drug-likeness (QED) is 0.361. The summed E-state index contributed by atoms with van der Waals surface area (Å²) in [6, 6.07) is 0. The summed E-state index contributed by atoms with van der Waals surface area (Å²) >= 11 is 0. The highest BCUT2D eigenvalue weighted by molar-refractivity contribution is 14.0. The van der Waals surface area contributed by atoms with Gasteiger partial charge >= 0.3 is 0 Å². The van der Waals surface area contributed by atoms with Gasteiger partial charge in [-0.15, -0.1) is 24.0 Å². The molecule has 0 atom stereocenters. The Balaban J connectivity index is 0.00000400. The Labute approximate surface area is 146 Å². The van der Waals surface area contributed by atoms with Gasteiger partial charge < -0.3 is 10.6 Å². The summed E-state index contributed by atoms with van der Waals surface area (Å²) < 4.78 is 24.9. The molecule has 1 aliphatic heterocycles. The molecule has 2 N–H and O–H groups in total. The van der Waals surface area contributed by atoms with Crippen molar-refractivity contribution in [3.63, 3.8) is 0 Å². The van der Waals surface area contributed by atoms with Crippen molar-refractivity contribution in [2.45, 2.75) is 33.6 Å². The van der Waals surface area contributed by atoms with Crippen LogP contribution in [-0.2, 0) is 10.0 Å². The fraction of sp³-hybridized carbons (Fsp3) is 0.923. The molecule has 0 aromatic rings. The molecule has 1 fully saturated rings. The zero-order chi connectivity index (χ0) is 15.0. The highest BCUT2D eigenvalue weighted by Crippen LogP contribution is 2.11. The van der Waals surface area contributed by atoms with Gasteiger partial charge in [-0.05, 0) is 25.7 Å². The molecule has 1 rings (SSSR count). The predicted molar refractivity (Wildman–Crippen MR) is 98.8 cm³/mol. The van der Waals surface area contributed by atoms with Gasteiger partial charge in [0.2, 0.25) is 10.0 Å². The Morgan fingerprint density at radius 3 is 2.57 bits per heavy atom. The fourth-order valence-electron chi connectivity index (χ4n) is 2.02. The molecule has 0 spiro atoms. The summed E-state index contributed by atoms with van der Waals surface area (Å²) in [5.41, 5.74) is 0. The second kappa shape index (κ2) is 10.6. The van der Waals surface area contributed by atoms with Gasteiger partial charge in [-0.1, -0.05) is 13.8 Å². The number of guanidine groups is 1. The monoisotopic (exact) mass is 432 g/mol. The topological polar surface area (TPSA) is 73.8 Å². The molecule has 0 amide bonds. The third kappa shape index (κ3) is 8.20. The zero-order valence-electron chi connectivity index (χ0n) is 13.3. The minimum Gasteiger partial charge on any atom is -0.357 e. The van der Waals surface area contributed by atoms with Gasteiger partial charge in [0, 0.05) is 32.7 Å². The molecule has 0 radical (unpaired) electrons. The van der Waals surface area contributed by atoms with E-state index < -0.39 is 10.0 Å². The Morgan fingerprint density at radius 1 is 1.33 bits per heavy atom. The van der Waals surface area contributed by atoms with Gasteiger partial charge in [-0.25, -0.2) is 12.7 Å². The number of halogens is 1. The van der Waals surface area contributed by atoms with E-state index in [4.69, 9.17) is 0 Å². The molecule has 1 heterocycles. The van der Waals surface area contributed by atoms with E-state index in [1.54, 1.807) is 4.31 Å². The smallest absolute Gasteiger partial charge is 0.214 e. The summed E-state index contributed by atoms with van der Waals surface area (Å²) in [6.45, 7) is 9.70. The molecule has 0 aromatic heterocycles. The molecule has 6 nitrogen and oxygen atoms in total. The highest BCUT2D eigenvalue weighted by Gasteiger charge is 2.27. The molecule has 21 heavy (non-hydrogen) atoms. The summed E-state index contributed by atoms with van der Waals surface area (Å²) in [7, 11) is -2.99. The Bertz CT molecular complexity index is 412. The van der Waals surface area contributed by atoms with Crippen LogP contribution in [0.4, 0.5) is 0 Å². The van der Waals surface area contributed by atoms with E-state index in [-0.39, 0.29) is 29.7 Å². The largest absolute Gasteiger partial charge is 0.357 e. The van der Waals surface area contributed by atoms with Crippen molar-refractivity contribution in [2.24, 2.45) is 10.9 Å². The van der Waals surface area contributed by atoms with Crippen LogP contribution in [0.25, 0.3) is 0 Å². The molecule has 126 valence electrons. The maximum Gasteiger partial charge on any atom is 0.214 e. The molecule has 0 aliphatic carbocycles. The summed E-state index contributed by atoms with van der Waals surface area (Å²) in [4.78, 5) is 4.48. The SMILES string of the molecule is CCNC(=NCCC(C)C)NCCN1CCCS1(=O)=O.I. The van der Waals surface area contributed by atoms with Crippen LogP contribution < -0.4 is 10.6 Å². The number of hydrogen-bond donors (Lipinski definition) is 2. The van der Waals surface area contributed by atoms with Gasteiger partial charge in [0.05, 0.1) is 5.75 Å². The van der Waals surface area contributed by atoms with Crippen LogP contribution in [0.2, 0.25) is 0 Å². The Hall–Kier alpha value is -0.0900. The maximum absolute atomic E-state index is 11.7. The molecule has 0 aromatic carbocycles. The normalized spacial score (nSPS) is 18.6. The second-order valence-electron chi connectivity index (χ2n) is 5.44. The van der Waals surface area contributed by atoms with E-state index in [0.717, 1.165) is 31.9 Å². The lowest BCUT2D eigenvalue weighted by Crippen LogP contribution is -2.42. The minimum atomic E-state index is -2.99. The number of rotatable bonds is 7. The molecule has 1 aliphatic rings. The van der Waals surface area contributed by atoms with E-state index >= 15 is 0 Å². The lowest BCUT2D eigenvalue weighted by molar-refractivity contribution is 0.445. The first-order chi connectivity index (χ1) is 9.45. The first-order valence-corrected chi connectivity index (χ1v) is 9.06. The summed E-state index contributed by atoms with van der Waals surface area (Å²) in [5, 5.41) is 6.37. The van der Waals surface area contributed by atoms with Crippen LogP contribution in [0, 0.1) is 5.92 Å². The van der Waals surface area contributed by atoms with Crippen LogP contribution >= 0.6 is 24.0 Å². The van der Waals surface area contributed by atoms with Gasteiger partial charge in [0.15, 0.2) is 5.96 Å². The molecule has 0 unspecified atom stereocenters. The maximum atomic E-state index is 11.7. The number of aliphatic imine (C=N–C) groups is 1. The van der Waals surface area contributed by atoms with E-state index in [1.807, 2.05) is 6.92 Å². The van der Waals surface area contributed by atoms with Gasteiger partial charge in [-0.2, -0.15) is 0 Å². The molecule has 0 saturated carbocycles. The van der Waals surface area contributed by atoms with Crippen molar-refractivity contribution in [2.75, 3.05) is 38.5 Å². The van der Waals surface area contributed by atoms with E-state index in [2.05, 4.69) is 29.5 Å². The molecule has 0 bridgehead atoms. The highest BCUT2D eigenvalue weighted by atomic mass is 127. The molecule has 1 saturated heterocycles. The number of hydrogen-bond acceptors (Lipinski definition) is 3. The Kier molecular flexibility index (Phi) is 10.6. The molecular weight excluding hydrogens is 403 g/mol. The van der Waals surface area contributed by atoms with Crippen LogP contribution in [-0.4, -0.2) is 57.2 Å². The third-order valence-corrected chi connectivity index (χ3v) is 5.13. The molecule has 8 heteroatoms. The van der Waals surface area contributed by atoms with Crippen LogP contribution in [0.1, 0.15) is 33.6 Å². The van der Waals surface area contributed by atoms with Crippen molar-refractivity contribution in [3.05, 3.63) is 0 Å². The van der Waals surface area contributed by atoms with Crippen molar-refractivity contribution in [1.29, 1.82) is 0 Å². The van der Waals surface area contributed by atoms with Crippen molar-refractivity contribution in [1.82, 2.24) is 14.9 Å². The average Bonchev–Trinajstić information content (AvgIpc) is 2.68. The van der Waals surface area contributed by atoms with Crippen LogP contribution in [0.5, 0.6) is 0 Å². The van der Waals surface area contributed by atoms with Gasteiger partial charge in [0.1, 0.15) is 0 Å². The van der Waals surface area contributed by atoms with E-state index in [1.165, 1.54) is 0 Å². The van der Waals surface area contributed by atoms with Gasteiger partial charge in [-0.3, -0.25) is 4.99 Å². The first-order valence-electron chi connectivity index (χ1n) is 7.45. The average molecular weight is 432 g/mol. The lowest BCUT2D eigenvalue weighted by atomic mass is 10.1. The fourth-order valence-corrected chi connectivity index (χ4v) is 3.55. The number of nitrogens with one attached hydrogen (secondary N) is 2. The first kappa shape index (κ1) is 20.9. The zero-order valence-corrected chi connectivity index (χ0v) is 16.4. The number of nitrogens with zero attached hydrogens (tertiary/aromatic N) is 2. The van der Waals surface area contributed by atoms with E-state index in [0.29, 0.717) is 25.6 Å². The molecular formula is C13H29IN4O2S. The lowest BCUT2D eigenvalue weighted by Gasteiger charge is -2.16. The summed E-state index contributed by atoms with van der Waals surface area (Å²) in [6.07, 6.45) is 1.79. The van der Waals surface area contributed by atoms with Crippen molar-refractivity contribution in [3.8, 4) is 0 Å². The third-order valence-electron chi connectivity index (χ3n) is 3.18. The summed E-state index contributed by atoms with van der Waals surface area (Å²) in [5.74, 6) is 1.69. The predicted octanol–water partition coefficient (Wildman–Crippen LogP) is 1.24. The minimum absolute atomic E-state index is 0. The van der Waals surface area contributed by atoms with E-state index in [9.17, 15) is 8.42 Å². The van der Waals surface area contributed by atoms with Crippen molar-refractivity contribution < 1.29 is 8.42 Å². The Morgan fingerprint density at radius 2 is 2.05 bits per heavy atom. The second-order valence-corrected chi connectivity index (χ2v) is 7.53. The van der Waals surface area contributed by atoms with Crippen LogP contribution in [0.15, 0.2) is 4.99 Å². The standard InChI is InChI=1S/C13H28N4O2S.HI/c1-4-14-13(15-7-6-12(2)3)16-8-10-17-9-5-11-20(17,18)19;/h12H,4-11H2,1-3H3,(H2,14,15,16);1H. The van der Waals surface area contributed by atoms with Gasteiger partial charge in [0.25, 0.3) is 0 Å². The number of sulfonamides is 1. The van der Waals surface area contributed by atoms with Crippen LogP contribution in [0.3, 0.4) is 0 Å².